The first-order valence-electron chi connectivity index (χ1n) is 18.3. The highest BCUT2D eigenvalue weighted by molar-refractivity contribution is 7.00. The molecule has 2 nitrogen and oxygen atoms in total. The third-order valence-corrected chi connectivity index (χ3v) is 14.9. The number of anilines is 4. The molecule has 0 spiro atoms. The summed E-state index contributed by atoms with van der Waals surface area (Å²) in [5.41, 5.74) is 16.9. The highest BCUT2D eigenvalue weighted by Crippen LogP contribution is 2.66. The first kappa shape index (κ1) is 29.7. The lowest BCUT2D eigenvalue weighted by Gasteiger charge is -2.54. The standard InChI is InChI=1S/C42H52BClN2/c1-37(2,3)25-21-28-35-30(22-25)43-29-16-15-27(38(4,5)6)33-36(29)46(42(10)20-14-12-18-40(33,42)8)32-24-26(44)23-31(34(32)43)45(35)41(9)19-13-11-17-39(28,41)7/h15-16,21-24H,11-14,17-20H2,1-10H3. The second kappa shape index (κ2) is 8.60. The molecule has 240 valence electrons. The van der Waals surface area contributed by atoms with Gasteiger partial charge in [-0.25, -0.2) is 0 Å². The van der Waals surface area contributed by atoms with Gasteiger partial charge in [-0.3, -0.25) is 0 Å². The molecular weight excluding hydrogens is 579 g/mol. The van der Waals surface area contributed by atoms with Crippen molar-refractivity contribution in [3.05, 3.63) is 63.7 Å². The van der Waals surface area contributed by atoms with Gasteiger partial charge in [0.2, 0.25) is 0 Å². The fourth-order valence-electron chi connectivity index (χ4n) is 11.8. The van der Waals surface area contributed by atoms with Gasteiger partial charge in [0.1, 0.15) is 0 Å². The lowest BCUT2D eigenvalue weighted by molar-refractivity contribution is 0.192. The van der Waals surface area contributed by atoms with Gasteiger partial charge in [-0.05, 0) is 101 Å². The Morgan fingerprint density at radius 1 is 0.652 bits per heavy atom. The van der Waals surface area contributed by atoms with E-state index in [0.717, 1.165) is 5.02 Å². The van der Waals surface area contributed by atoms with Gasteiger partial charge in [0.05, 0.1) is 11.1 Å². The molecule has 0 bridgehead atoms. The molecule has 4 atom stereocenters. The van der Waals surface area contributed by atoms with E-state index in [1.165, 1.54) is 102 Å². The Labute approximate surface area is 283 Å². The van der Waals surface area contributed by atoms with Crippen LogP contribution >= 0.6 is 11.6 Å². The number of nitrogens with zero attached hydrogens (tertiary/aromatic N) is 2. The summed E-state index contributed by atoms with van der Waals surface area (Å²) in [6, 6.07) is 15.1. The summed E-state index contributed by atoms with van der Waals surface area (Å²) >= 11 is 7.31. The van der Waals surface area contributed by atoms with Crippen LogP contribution in [0.15, 0.2) is 36.4 Å². The van der Waals surface area contributed by atoms with Crippen LogP contribution in [0.25, 0.3) is 0 Å². The van der Waals surface area contributed by atoms with E-state index in [1.807, 2.05) is 0 Å². The second-order valence-electron chi connectivity index (χ2n) is 19.0. The van der Waals surface area contributed by atoms with E-state index >= 15 is 0 Å². The topological polar surface area (TPSA) is 6.48 Å². The highest BCUT2D eigenvalue weighted by atomic mass is 35.5. The van der Waals surface area contributed by atoms with Crippen molar-refractivity contribution in [3.63, 3.8) is 0 Å². The molecule has 4 aliphatic heterocycles. The van der Waals surface area contributed by atoms with Gasteiger partial charge in [-0.1, -0.05) is 117 Å². The minimum absolute atomic E-state index is 0.0000678. The first-order valence-corrected chi connectivity index (χ1v) is 18.7. The molecule has 4 heterocycles. The minimum atomic E-state index is 0.0000678. The Morgan fingerprint density at radius 3 is 1.83 bits per heavy atom. The van der Waals surface area contributed by atoms with Crippen molar-refractivity contribution in [1.82, 2.24) is 0 Å². The molecule has 46 heavy (non-hydrogen) atoms. The predicted molar refractivity (Wildman–Crippen MR) is 199 cm³/mol. The van der Waals surface area contributed by atoms with Gasteiger partial charge in [-0.15, -0.1) is 0 Å². The summed E-state index contributed by atoms with van der Waals surface area (Å²) in [6.45, 7) is 25.1. The van der Waals surface area contributed by atoms with E-state index in [0.29, 0.717) is 0 Å². The number of rotatable bonds is 0. The van der Waals surface area contributed by atoms with E-state index in [2.05, 4.69) is 115 Å². The lowest BCUT2D eigenvalue weighted by Crippen LogP contribution is -2.66. The minimum Gasteiger partial charge on any atom is -0.335 e. The molecule has 0 radical (unpaired) electrons. The average Bonchev–Trinajstić information content (AvgIpc) is 3.32. The van der Waals surface area contributed by atoms with Crippen molar-refractivity contribution in [3.8, 4) is 0 Å². The van der Waals surface area contributed by atoms with Crippen LogP contribution in [-0.4, -0.2) is 17.8 Å². The second-order valence-corrected chi connectivity index (χ2v) is 19.4. The Bertz CT molecular complexity index is 1880. The zero-order valence-corrected chi connectivity index (χ0v) is 30.7. The smallest absolute Gasteiger partial charge is 0.252 e. The molecule has 6 aliphatic rings. The number of benzene rings is 3. The molecule has 0 aromatic heterocycles. The summed E-state index contributed by atoms with van der Waals surface area (Å²) in [7, 11) is 0. The summed E-state index contributed by atoms with van der Waals surface area (Å²) in [4.78, 5) is 5.68. The van der Waals surface area contributed by atoms with Crippen LogP contribution in [0.5, 0.6) is 0 Å². The van der Waals surface area contributed by atoms with Crippen LogP contribution in [0.4, 0.5) is 22.7 Å². The lowest BCUT2D eigenvalue weighted by atomic mass is 9.33. The van der Waals surface area contributed by atoms with Gasteiger partial charge in [-0.2, -0.15) is 0 Å². The van der Waals surface area contributed by atoms with E-state index in [4.69, 9.17) is 11.6 Å². The average molecular weight is 631 g/mol. The van der Waals surface area contributed by atoms with E-state index in [1.54, 1.807) is 11.1 Å². The Hall–Kier alpha value is -2.39. The zero-order chi connectivity index (χ0) is 32.6. The summed E-state index contributed by atoms with van der Waals surface area (Å²) in [5.74, 6) is 0. The summed E-state index contributed by atoms with van der Waals surface area (Å²) in [6.07, 6.45) is 10.1. The van der Waals surface area contributed by atoms with E-state index in [9.17, 15) is 0 Å². The van der Waals surface area contributed by atoms with Crippen molar-refractivity contribution in [2.45, 2.75) is 153 Å². The predicted octanol–water partition coefficient (Wildman–Crippen LogP) is 9.56. The fourth-order valence-corrected chi connectivity index (χ4v) is 12.0. The number of hydrogen-bond acceptors (Lipinski definition) is 2. The molecular formula is C42H52BClN2. The molecule has 0 amide bonds. The van der Waals surface area contributed by atoms with Crippen LogP contribution in [0.3, 0.4) is 0 Å². The molecule has 0 N–H and O–H groups in total. The maximum Gasteiger partial charge on any atom is 0.252 e. The van der Waals surface area contributed by atoms with Gasteiger partial charge >= 0.3 is 0 Å². The summed E-state index contributed by atoms with van der Waals surface area (Å²) in [5, 5.41) is 0.877. The molecule has 4 unspecified atom stereocenters. The van der Waals surface area contributed by atoms with Gasteiger partial charge in [0, 0.05) is 38.6 Å². The number of hydrogen-bond donors (Lipinski definition) is 0. The van der Waals surface area contributed by atoms with Crippen LogP contribution in [0, 0.1) is 0 Å². The monoisotopic (exact) mass is 630 g/mol. The molecule has 2 saturated carbocycles. The van der Waals surface area contributed by atoms with E-state index < -0.39 is 0 Å². The Kier molecular flexibility index (Phi) is 5.56. The quantitative estimate of drug-likeness (QED) is 0.228. The van der Waals surface area contributed by atoms with Crippen molar-refractivity contribution in [2.75, 3.05) is 9.80 Å². The van der Waals surface area contributed by atoms with Gasteiger partial charge in [0.15, 0.2) is 0 Å². The Balaban J connectivity index is 1.46. The molecule has 3 aromatic carbocycles. The molecule has 0 saturated heterocycles. The normalized spacial score (nSPS) is 31.8. The third kappa shape index (κ3) is 3.19. The molecule has 2 fully saturated rings. The molecule has 9 rings (SSSR count). The van der Waals surface area contributed by atoms with Crippen LogP contribution in [-0.2, 0) is 21.7 Å². The van der Waals surface area contributed by atoms with Crippen molar-refractivity contribution in [1.29, 1.82) is 0 Å². The summed E-state index contributed by atoms with van der Waals surface area (Å²) < 4.78 is 0. The number of fused-ring (bicyclic) bond motifs is 10. The largest absolute Gasteiger partial charge is 0.335 e. The third-order valence-electron chi connectivity index (χ3n) is 14.7. The van der Waals surface area contributed by atoms with Gasteiger partial charge < -0.3 is 9.80 Å². The maximum absolute atomic E-state index is 7.31. The highest BCUT2D eigenvalue weighted by Gasteiger charge is 2.65. The molecule has 3 aromatic rings. The molecule has 2 aliphatic carbocycles. The fraction of sp³-hybridized carbons (Fsp3) is 0.571. The van der Waals surface area contributed by atoms with Crippen LogP contribution in [0.2, 0.25) is 5.02 Å². The number of halogens is 1. The maximum atomic E-state index is 7.31. The Morgan fingerprint density at radius 2 is 1.22 bits per heavy atom. The van der Waals surface area contributed by atoms with Crippen LogP contribution < -0.4 is 26.2 Å². The van der Waals surface area contributed by atoms with Crippen molar-refractivity contribution < 1.29 is 0 Å². The van der Waals surface area contributed by atoms with Gasteiger partial charge in [0.25, 0.3) is 6.71 Å². The van der Waals surface area contributed by atoms with Crippen LogP contribution in [0.1, 0.15) is 143 Å². The SMILES string of the molecule is CC(C)(C)c1cc2c3c(c1)C1(C)CCCCC1(C)N3c1cc(Cl)cc3c1B2c1ccc(C(C)(C)C)c2c1N3C1(C)CCCCC21C. The first-order chi connectivity index (χ1) is 21.5. The van der Waals surface area contributed by atoms with Crippen molar-refractivity contribution >= 4 is 57.5 Å². The van der Waals surface area contributed by atoms with E-state index in [-0.39, 0.29) is 39.5 Å². The zero-order valence-electron chi connectivity index (χ0n) is 30.0. The van der Waals surface area contributed by atoms with Crippen molar-refractivity contribution in [2.24, 2.45) is 0 Å². The molecule has 4 heteroatoms.